The number of anilines is 1. The van der Waals surface area contributed by atoms with Gasteiger partial charge in [-0.05, 0) is 43.2 Å². The number of para-hydroxylation sites is 1. The van der Waals surface area contributed by atoms with Gasteiger partial charge in [-0.25, -0.2) is 5.06 Å². The first kappa shape index (κ1) is 23.1. The Bertz CT molecular complexity index is 960. The predicted molar refractivity (Wildman–Crippen MR) is 125 cm³/mol. The van der Waals surface area contributed by atoms with E-state index >= 15 is 0 Å². The van der Waals surface area contributed by atoms with Crippen LogP contribution in [-0.2, 0) is 9.59 Å². The summed E-state index contributed by atoms with van der Waals surface area (Å²) >= 11 is 0. The zero-order valence-corrected chi connectivity index (χ0v) is 19.2. The summed E-state index contributed by atoms with van der Waals surface area (Å²) in [4.78, 5) is 30.3. The van der Waals surface area contributed by atoms with Gasteiger partial charge in [0.2, 0.25) is 5.91 Å². The van der Waals surface area contributed by atoms with E-state index in [4.69, 9.17) is 4.74 Å². The Kier molecular flexibility index (Phi) is 7.15. The van der Waals surface area contributed by atoms with Gasteiger partial charge in [-0.2, -0.15) is 0 Å². The summed E-state index contributed by atoms with van der Waals surface area (Å²) in [7, 11) is 1.30. The van der Waals surface area contributed by atoms with Gasteiger partial charge in [0.15, 0.2) is 0 Å². The molecule has 2 aliphatic rings. The number of hydroxylamine groups is 2. The van der Waals surface area contributed by atoms with Gasteiger partial charge in [-0.3, -0.25) is 14.8 Å². The molecule has 0 radical (unpaired) electrons. The molecule has 0 bridgehead atoms. The SMILES string of the molecule is Cc1cccc(O[C@@H]2CN[C@H](C(=O)N3CCN(c4ccccc4)CC3)[C@@H](C(=O)N(C)O)C2)c1. The lowest BCUT2D eigenvalue weighted by Gasteiger charge is -2.41. The van der Waals surface area contributed by atoms with Crippen LogP contribution in [0.2, 0.25) is 0 Å². The summed E-state index contributed by atoms with van der Waals surface area (Å²) in [5, 5.41) is 13.7. The highest BCUT2D eigenvalue weighted by Crippen LogP contribution is 2.25. The molecule has 0 unspecified atom stereocenters. The molecule has 2 aromatic carbocycles. The lowest BCUT2D eigenvalue weighted by atomic mass is 9.87. The Hall–Kier alpha value is -3.10. The van der Waals surface area contributed by atoms with Crippen LogP contribution in [-0.4, -0.2) is 78.9 Å². The Labute approximate surface area is 194 Å². The second-order valence-electron chi connectivity index (χ2n) is 8.79. The van der Waals surface area contributed by atoms with Crippen molar-refractivity contribution in [3.63, 3.8) is 0 Å². The third-order valence-electron chi connectivity index (χ3n) is 6.39. The zero-order chi connectivity index (χ0) is 23.4. The predicted octanol–water partition coefficient (Wildman–Crippen LogP) is 1.92. The first-order valence-electron chi connectivity index (χ1n) is 11.4. The topological polar surface area (TPSA) is 85.4 Å². The van der Waals surface area contributed by atoms with Gasteiger partial charge in [0.25, 0.3) is 5.91 Å². The van der Waals surface area contributed by atoms with E-state index in [1.807, 2.05) is 54.3 Å². The van der Waals surface area contributed by atoms with E-state index in [9.17, 15) is 14.8 Å². The highest BCUT2D eigenvalue weighted by Gasteiger charge is 2.43. The fourth-order valence-corrected chi connectivity index (χ4v) is 4.64. The average molecular weight is 453 g/mol. The van der Waals surface area contributed by atoms with Crippen molar-refractivity contribution in [3.8, 4) is 5.75 Å². The maximum atomic E-state index is 13.4. The molecule has 2 aromatic rings. The van der Waals surface area contributed by atoms with E-state index in [0.717, 1.165) is 30.1 Å². The summed E-state index contributed by atoms with van der Waals surface area (Å²) in [5.74, 6) is -0.561. The van der Waals surface area contributed by atoms with E-state index in [1.165, 1.54) is 7.05 Å². The van der Waals surface area contributed by atoms with Crippen LogP contribution in [0.25, 0.3) is 0 Å². The Morgan fingerprint density at radius 2 is 1.79 bits per heavy atom. The number of piperazine rings is 1. The molecule has 0 saturated carbocycles. The molecule has 3 atom stereocenters. The molecule has 2 fully saturated rings. The first-order chi connectivity index (χ1) is 15.9. The zero-order valence-electron chi connectivity index (χ0n) is 19.2. The monoisotopic (exact) mass is 452 g/mol. The van der Waals surface area contributed by atoms with Crippen LogP contribution >= 0.6 is 0 Å². The molecule has 4 rings (SSSR count). The van der Waals surface area contributed by atoms with E-state index in [0.29, 0.717) is 31.1 Å². The van der Waals surface area contributed by atoms with Crippen molar-refractivity contribution in [2.75, 3.05) is 44.7 Å². The maximum Gasteiger partial charge on any atom is 0.251 e. The molecular weight excluding hydrogens is 420 g/mol. The molecule has 2 heterocycles. The summed E-state index contributed by atoms with van der Waals surface area (Å²) < 4.78 is 6.09. The highest BCUT2D eigenvalue weighted by atomic mass is 16.5. The van der Waals surface area contributed by atoms with Crippen molar-refractivity contribution < 1.29 is 19.5 Å². The molecule has 2 N–H and O–H groups in total. The molecule has 176 valence electrons. The number of nitrogens with one attached hydrogen (secondary N) is 1. The molecule has 2 aliphatic heterocycles. The third-order valence-corrected chi connectivity index (χ3v) is 6.39. The molecule has 8 nitrogen and oxygen atoms in total. The van der Waals surface area contributed by atoms with Crippen LogP contribution in [0.3, 0.4) is 0 Å². The van der Waals surface area contributed by atoms with Gasteiger partial charge in [0.05, 0.1) is 12.0 Å². The second kappa shape index (κ2) is 10.2. The minimum atomic E-state index is -0.705. The van der Waals surface area contributed by atoms with Crippen LogP contribution < -0.4 is 15.0 Å². The van der Waals surface area contributed by atoms with Crippen LogP contribution in [0.4, 0.5) is 5.69 Å². The van der Waals surface area contributed by atoms with Crippen LogP contribution in [0.15, 0.2) is 54.6 Å². The number of nitrogens with zero attached hydrogens (tertiary/aromatic N) is 3. The van der Waals surface area contributed by atoms with Crippen molar-refractivity contribution in [1.29, 1.82) is 0 Å². The summed E-state index contributed by atoms with van der Waals surface area (Å²) in [6.45, 7) is 5.09. The van der Waals surface area contributed by atoms with E-state index in [-0.39, 0.29) is 12.0 Å². The molecule has 0 aliphatic carbocycles. The summed E-state index contributed by atoms with van der Waals surface area (Å²) in [6.07, 6.45) is 0.0742. The number of hydrogen-bond acceptors (Lipinski definition) is 6. The third kappa shape index (κ3) is 5.46. The largest absolute Gasteiger partial charge is 0.489 e. The minimum Gasteiger partial charge on any atom is -0.489 e. The number of benzene rings is 2. The fourth-order valence-electron chi connectivity index (χ4n) is 4.64. The number of piperidine rings is 1. The van der Waals surface area contributed by atoms with Gasteiger partial charge in [-0.1, -0.05) is 30.3 Å². The maximum absolute atomic E-state index is 13.4. The Morgan fingerprint density at radius 3 is 2.45 bits per heavy atom. The van der Waals surface area contributed by atoms with Gasteiger partial charge >= 0.3 is 0 Å². The lowest BCUT2D eigenvalue weighted by molar-refractivity contribution is -0.169. The van der Waals surface area contributed by atoms with Crippen molar-refractivity contribution in [2.45, 2.75) is 25.5 Å². The number of aryl methyl sites for hydroxylation is 1. The van der Waals surface area contributed by atoms with Crippen molar-refractivity contribution in [1.82, 2.24) is 15.3 Å². The first-order valence-corrected chi connectivity index (χ1v) is 11.4. The van der Waals surface area contributed by atoms with E-state index in [2.05, 4.69) is 22.3 Å². The van der Waals surface area contributed by atoms with Crippen LogP contribution in [0.1, 0.15) is 12.0 Å². The van der Waals surface area contributed by atoms with E-state index < -0.39 is 17.9 Å². The van der Waals surface area contributed by atoms with Crippen molar-refractivity contribution >= 4 is 17.5 Å². The summed E-state index contributed by atoms with van der Waals surface area (Å²) in [5.41, 5.74) is 2.23. The molecule has 33 heavy (non-hydrogen) atoms. The van der Waals surface area contributed by atoms with Gasteiger partial charge < -0.3 is 19.9 Å². The van der Waals surface area contributed by atoms with Gasteiger partial charge in [0.1, 0.15) is 11.9 Å². The van der Waals surface area contributed by atoms with Crippen LogP contribution in [0.5, 0.6) is 5.75 Å². The minimum absolute atomic E-state index is 0.100. The number of rotatable bonds is 5. The number of carbonyl (C=O) groups excluding carboxylic acids is 2. The molecule has 0 spiro atoms. The Balaban J connectivity index is 1.41. The molecule has 8 heteroatoms. The quantitative estimate of drug-likeness (QED) is 0.533. The van der Waals surface area contributed by atoms with Crippen LogP contribution in [0, 0.1) is 12.8 Å². The van der Waals surface area contributed by atoms with E-state index in [1.54, 1.807) is 0 Å². The second-order valence-corrected chi connectivity index (χ2v) is 8.79. The molecule has 0 aromatic heterocycles. The number of ether oxygens (including phenoxy) is 1. The number of hydrogen-bond donors (Lipinski definition) is 2. The number of carbonyl (C=O) groups is 2. The lowest BCUT2D eigenvalue weighted by Crippen LogP contribution is -2.62. The standard InChI is InChI=1S/C25H32N4O4/c1-18-7-6-10-20(15-18)33-21-16-22(24(30)27(2)32)23(26-17-21)25(31)29-13-11-28(12-14-29)19-8-4-3-5-9-19/h3-10,15,21-23,26,32H,11-14,16-17H2,1-2H3/t21-,22-,23-/m0/s1. The van der Waals surface area contributed by atoms with Crippen molar-refractivity contribution in [2.24, 2.45) is 5.92 Å². The molecule has 2 saturated heterocycles. The fraction of sp³-hybridized carbons (Fsp3) is 0.440. The summed E-state index contributed by atoms with van der Waals surface area (Å²) in [6, 6.07) is 17.2. The highest BCUT2D eigenvalue weighted by molar-refractivity contribution is 5.90. The van der Waals surface area contributed by atoms with Gasteiger partial charge in [-0.15, -0.1) is 0 Å². The normalized spacial score (nSPS) is 23.2. The van der Waals surface area contributed by atoms with Crippen molar-refractivity contribution in [3.05, 3.63) is 60.2 Å². The average Bonchev–Trinajstić information content (AvgIpc) is 2.84. The Morgan fingerprint density at radius 1 is 1.06 bits per heavy atom. The smallest absolute Gasteiger partial charge is 0.251 e. The molecular formula is C25H32N4O4. The van der Waals surface area contributed by atoms with Gasteiger partial charge in [0, 0.05) is 45.5 Å². The number of amides is 2. The molecule has 2 amide bonds.